The summed E-state index contributed by atoms with van der Waals surface area (Å²) in [6.45, 7) is 0.984. The second-order valence-corrected chi connectivity index (χ2v) is 4.69. The van der Waals surface area contributed by atoms with Crippen LogP contribution in [-0.2, 0) is 0 Å². The lowest BCUT2D eigenvalue weighted by atomic mass is 10.1. The molecule has 0 spiro atoms. The maximum atomic E-state index is 12.0. The van der Waals surface area contributed by atoms with E-state index in [-0.39, 0.29) is 11.3 Å². The van der Waals surface area contributed by atoms with E-state index in [0.717, 1.165) is 0 Å². The van der Waals surface area contributed by atoms with E-state index in [1.54, 1.807) is 7.05 Å². The van der Waals surface area contributed by atoms with Gasteiger partial charge in [-0.15, -0.1) is 11.8 Å². The van der Waals surface area contributed by atoms with Crippen LogP contribution in [0.25, 0.3) is 0 Å². The maximum absolute atomic E-state index is 12.0. The zero-order valence-electron chi connectivity index (χ0n) is 11.6. The molecule has 1 aromatic rings. The third-order valence-corrected chi connectivity index (χ3v) is 3.36. The molecule has 1 rings (SSSR count). The quantitative estimate of drug-likeness (QED) is 0.341. The minimum absolute atomic E-state index is 0.0382. The Kier molecular flexibility index (Phi) is 6.26. The van der Waals surface area contributed by atoms with E-state index in [0.29, 0.717) is 23.7 Å². The molecule has 0 unspecified atom stereocenters. The zero-order chi connectivity index (χ0) is 15.1. The van der Waals surface area contributed by atoms with Crippen molar-refractivity contribution in [3.8, 4) is 5.75 Å². The molecule has 0 atom stereocenters. The number of hydrogen-bond acceptors (Lipinski definition) is 6. The fourth-order valence-electron chi connectivity index (χ4n) is 1.60. The molecule has 2 N–H and O–H groups in total. The first-order valence-corrected chi connectivity index (χ1v) is 7.10. The van der Waals surface area contributed by atoms with E-state index in [1.165, 1.54) is 31.0 Å². The van der Waals surface area contributed by atoms with E-state index in [1.807, 2.05) is 6.26 Å². The van der Waals surface area contributed by atoms with Gasteiger partial charge in [-0.05, 0) is 19.4 Å². The summed E-state index contributed by atoms with van der Waals surface area (Å²) in [5.41, 5.74) is -0.224. The van der Waals surface area contributed by atoms with Crippen molar-refractivity contribution >= 4 is 23.4 Å². The number of amides is 1. The molecule has 0 radical (unpaired) electrons. The molecule has 0 saturated heterocycles. The number of benzene rings is 1. The second kappa shape index (κ2) is 7.71. The smallest absolute Gasteiger partial charge is 0.285 e. The highest BCUT2D eigenvalue weighted by Crippen LogP contribution is 2.34. The number of hydrogen-bond donors (Lipinski definition) is 2. The molecule has 8 heteroatoms. The molecule has 0 aliphatic heterocycles. The molecule has 110 valence electrons. The number of thioether (sulfide) groups is 1. The topological polar surface area (TPSA) is 93.5 Å². The monoisotopic (exact) mass is 299 g/mol. The molecule has 7 nitrogen and oxygen atoms in total. The van der Waals surface area contributed by atoms with Gasteiger partial charge >= 0.3 is 0 Å². The molecular formula is C12H17N3O4S. The van der Waals surface area contributed by atoms with Gasteiger partial charge in [0.2, 0.25) is 0 Å². The molecule has 20 heavy (non-hydrogen) atoms. The summed E-state index contributed by atoms with van der Waals surface area (Å²) in [6, 6.07) is 2.76. The number of nitro groups is 1. The van der Waals surface area contributed by atoms with E-state index in [9.17, 15) is 14.9 Å². The molecule has 0 aliphatic carbocycles. The van der Waals surface area contributed by atoms with Gasteiger partial charge in [0.25, 0.3) is 11.6 Å². The first kappa shape index (κ1) is 16.3. The van der Waals surface area contributed by atoms with Crippen molar-refractivity contribution in [3.63, 3.8) is 0 Å². The van der Waals surface area contributed by atoms with Crippen LogP contribution in [-0.4, -0.2) is 44.3 Å². The zero-order valence-corrected chi connectivity index (χ0v) is 12.4. The summed E-state index contributed by atoms with van der Waals surface area (Å²) < 4.78 is 5.09. The summed E-state index contributed by atoms with van der Waals surface area (Å²) in [7, 11) is 3.19. The van der Waals surface area contributed by atoms with E-state index in [2.05, 4.69) is 10.6 Å². The molecule has 0 fully saturated rings. The lowest BCUT2D eigenvalue weighted by molar-refractivity contribution is -0.385. The Labute approximate surface area is 121 Å². The summed E-state index contributed by atoms with van der Waals surface area (Å²) in [5.74, 6) is -0.0825. The SMILES string of the molecule is CNCCNC(=O)c1cc(SC)c(OC)cc1[N+](=O)[O-]. The van der Waals surface area contributed by atoms with Crippen LogP contribution in [0.3, 0.4) is 0 Å². The van der Waals surface area contributed by atoms with Gasteiger partial charge in [-0.3, -0.25) is 14.9 Å². The number of nitrogens with one attached hydrogen (secondary N) is 2. The minimum Gasteiger partial charge on any atom is -0.495 e. The van der Waals surface area contributed by atoms with Crippen molar-refractivity contribution in [2.45, 2.75) is 4.90 Å². The highest BCUT2D eigenvalue weighted by molar-refractivity contribution is 7.98. The van der Waals surface area contributed by atoms with Crippen molar-refractivity contribution in [3.05, 3.63) is 27.8 Å². The number of methoxy groups -OCH3 is 1. The van der Waals surface area contributed by atoms with E-state index < -0.39 is 10.8 Å². The van der Waals surface area contributed by atoms with Crippen LogP contribution in [0.4, 0.5) is 5.69 Å². The number of ether oxygens (including phenoxy) is 1. The highest BCUT2D eigenvalue weighted by Gasteiger charge is 2.23. The minimum atomic E-state index is -0.584. The van der Waals surface area contributed by atoms with Gasteiger partial charge in [0.15, 0.2) is 0 Å². The van der Waals surface area contributed by atoms with Crippen LogP contribution < -0.4 is 15.4 Å². The average molecular weight is 299 g/mol. The highest BCUT2D eigenvalue weighted by atomic mass is 32.2. The Morgan fingerprint density at radius 2 is 2.15 bits per heavy atom. The van der Waals surface area contributed by atoms with Crippen LogP contribution in [0.1, 0.15) is 10.4 Å². The molecular weight excluding hydrogens is 282 g/mol. The van der Waals surface area contributed by atoms with Crippen molar-refractivity contribution in [1.29, 1.82) is 0 Å². The first-order chi connectivity index (χ1) is 9.54. The fraction of sp³-hybridized carbons (Fsp3) is 0.417. The van der Waals surface area contributed by atoms with E-state index in [4.69, 9.17) is 4.74 Å². The molecule has 1 aromatic carbocycles. The van der Waals surface area contributed by atoms with Crippen molar-refractivity contribution in [1.82, 2.24) is 10.6 Å². The Hall–Kier alpha value is -1.80. The number of carbonyl (C=O) groups excluding carboxylic acids is 1. The third-order valence-electron chi connectivity index (χ3n) is 2.60. The van der Waals surface area contributed by atoms with Crippen molar-refractivity contribution in [2.24, 2.45) is 0 Å². The number of nitro benzene ring substituents is 1. The second-order valence-electron chi connectivity index (χ2n) is 3.84. The Morgan fingerprint density at radius 3 is 2.65 bits per heavy atom. The summed E-state index contributed by atoms with van der Waals surface area (Å²) in [4.78, 5) is 23.2. The van der Waals surface area contributed by atoms with Crippen LogP contribution in [0.15, 0.2) is 17.0 Å². The number of rotatable bonds is 7. The van der Waals surface area contributed by atoms with Gasteiger partial charge in [0.1, 0.15) is 11.3 Å². The lowest BCUT2D eigenvalue weighted by Crippen LogP contribution is -2.30. The standard InChI is InChI=1S/C12H17N3O4S/c1-13-4-5-14-12(16)8-6-11(20-3)10(19-2)7-9(8)15(17)18/h6-7,13H,4-5H2,1-3H3,(H,14,16). The van der Waals surface area contributed by atoms with Crippen LogP contribution in [0.2, 0.25) is 0 Å². The predicted molar refractivity (Wildman–Crippen MR) is 77.7 cm³/mol. The maximum Gasteiger partial charge on any atom is 0.285 e. The van der Waals surface area contributed by atoms with Gasteiger partial charge < -0.3 is 15.4 Å². The number of carbonyl (C=O) groups is 1. The van der Waals surface area contributed by atoms with Crippen LogP contribution in [0.5, 0.6) is 5.75 Å². The number of nitrogens with zero attached hydrogens (tertiary/aromatic N) is 1. The summed E-state index contributed by atoms with van der Waals surface area (Å²) >= 11 is 1.36. The third kappa shape index (κ3) is 3.84. The Morgan fingerprint density at radius 1 is 1.45 bits per heavy atom. The van der Waals surface area contributed by atoms with Crippen LogP contribution in [0, 0.1) is 10.1 Å². The molecule has 0 heterocycles. The Balaban J connectivity index is 3.15. The van der Waals surface area contributed by atoms with Gasteiger partial charge in [0, 0.05) is 13.1 Å². The van der Waals surface area contributed by atoms with Gasteiger partial charge in [-0.25, -0.2) is 0 Å². The molecule has 0 bridgehead atoms. The fourth-order valence-corrected chi connectivity index (χ4v) is 2.18. The van der Waals surface area contributed by atoms with Crippen molar-refractivity contribution < 1.29 is 14.5 Å². The number of likely N-dealkylation sites (N-methyl/N-ethyl adjacent to an activating group) is 1. The lowest BCUT2D eigenvalue weighted by Gasteiger charge is -2.10. The van der Waals surface area contributed by atoms with Gasteiger partial charge in [0.05, 0.1) is 23.0 Å². The first-order valence-electron chi connectivity index (χ1n) is 5.88. The predicted octanol–water partition coefficient (Wildman–Crippen LogP) is 1.27. The average Bonchev–Trinajstić information content (AvgIpc) is 2.45. The van der Waals surface area contributed by atoms with Crippen LogP contribution >= 0.6 is 11.8 Å². The largest absolute Gasteiger partial charge is 0.495 e. The summed E-state index contributed by atoms with van der Waals surface area (Å²) in [6.07, 6.45) is 1.81. The summed E-state index contributed by atoms with van der Waals surface area (Å²) in [5, 5.41) is 16.6. The molecule has 0 aliphatic rings. The molecule has 0 aromatic heterocycles. The normalized spacial score (nSPS) is 10.2. The molecule has 0 saturated carbocycles. The van der Waals surface area contributed by atoms with Crippen molar-refractivity contribution in [2.75, 3.05) is 33.5 Å². The van der Waals surface area contributed by atoms with Gasteiger partial charge in [-0.1, -0.05) is 0 Å². The van der Waals surface area contributed by atoms with Gasteiger partial charge in [-0.2, -0.15) is 0 Å². The van der Waals surface area contributed by atoms with E-state index >= 15 is 0 Å². The molecule has 1 amide bonds. The Bertz CT molecular complexity index is 508.